The van der Waals surface area contributed by atoms with E-state index in [4.69, 9.17) is 4.42 Å². The molecular weight excluding hydrogens is 292 g/mol. The van der Waals surface area contributed by atoms with Gasteiger partial charge in [-0.05, 0) is 26.8 Å². The molecule has 4 nitrogen and oxygen atoms in total. The molecule has 2 aromatic rings. The Hall–Kier alpha value is -2.37. The number of aryl methyl sites for hydroxylation is 2. The second-order valence-electron chi connectivity index (χ2n) is 4.88. The Kier molecular flexibility index (Phi) is 4.80. The number of amides is 1. The van der Waals surface area contributed by atoms with Crippen LogP contribution >= 0.6 is 0 Å². The maximum Gasteiger partial charge on any atom is 0.387 e. The van der Waals surface area contributed by atoms with Gasteiger partial charge in [0.15, 0.2) is 0 Å². The minimum absolute atomic E-state index is 0.0506. The molecule has 0 saturated carbocycles. The van der Waals surface area contributed by atoms with Crippen LogP contribution in [0.15, 0.2) is 28.7 Å². The van der Waals surface area contributed by atoms with E-state index in [9.17, 15) is 13.6 Å². The molecule has 1 aromatic heterocycles. The van der Waals surface area contributed by atoms with E-state index in [0.29, 0.717) is 22.6 Å². The van der Waals surface area contributed by atoms with Crippen molar-refractivity contribution in [1.82, 2.24) is 5.32 Å². The van der Waals surface area contributed by atoms with E-state index in [0.717, 1.165) is 5.56 Å². The average molecular weight is 309 g/mol. The summed E-state index contributed by atoms with van der Waals surface area (Å²) in [7, 11) is 0. The highest BCUT2D eigenvalue weighted by Crippen LogP contribution is 2.22. The smallest absolute Gasteiger partial charge is 0.387 e. The molecule has 1 aromatic carbocycles. The Balaban J connectivity index is 2.12. The number of carbonyl (C=O) groups is 1. The first-order chi connectivity index (χ1) is 10.4. The van der Waals surface area contributed by atoms with Crippen LogP contribution < -0.4 is 10.1 Å². The number of carbonyl (C=O) groups excluding carboxylic acids is 1. The molecule has 22 heavy (non-hydrogen) atoms. The van der Waals surface area contributed by atoms with E-state index in [1.807, 2.05) is 0 Å². The van der Waals surface area contributed by atoms with Gasteiger partial charge >= 0.3 is 6.61 Å². The summed E-state index contributed by atoms with van der Waals surface area (Å²) in [5.74, 6) is 0.960. The lowest BCUT2D eigenvalue weighted by Gasteiger charge is -2.11. The van der Waals surface area contributed by atoms with Crippen LogP contribution in [0.2, 0.25) is 0 Å². The minimum atomic E-state index is -2.90. The quantitative estimate of drug-likeness (QED) is 0.915. The summed E-state index contributed by atoms with van der Waals surface area (Å²) in [6.45, 7) is 2.48. The maximum atomic E-state index is 12.4. The molecule has 1 N–H and O–H groups in total. The predicted octanol–water partition coefficient (Wildman–Crippen LogP) is 3.74. The molecule has 0 atom stereocenters. The van der Waals surface area contributed by atoms with Crippen LogP contribution in [0.5, 0.6) is 5.75 Å². The number of benzene rings is 1. The predicted molar refractivity (Wildman–Crippen MR) is 77.2 cm³/mol. The lowest BCUT2D eigenvalue weighted by Crippen LogP contribution is -2.24. The largest absolute Gasteiger partial charge is 0.466 e. The van der Waals surface area contributed by atoms with Gasteiger partial charge in [-0.3, -0.25) is 4.79 Å². The Labute approximate surface area is 127 Å². The van der Waals surface area contributed by atoms with Crippen molar-refractivity contribution in [1.29, 1.82) is 0 Å². The number of rotatable bonds is 5. The SMILES string of the molecule is Cc1oc(C)c(C(=O)NCc2ccccc2OC(F)F)c1C. The number of hydrogen-bond acceptors (Lipinski definition) is 3. The Bertz CT molecular complexity index is 680. The molecule has 0 aliphatic rings. The zero-order valence-electron chi connectivity index (χ0n) is 12.6. The van der Waals surface area contributed by atoms with Crippen molar-refractivity contribution in [2.24, 2.45) is 0 Å². The first kappa shape index (κ1) is 16.0. The summed E-state index contributed by atoms with van der Waals surface area (Å²) in [6.07, 6.45) is 0. The minimum Gasteiger partial charge on any atom is -0.466 e. The molecule has 0 radical (unpaired) electrons. The highest BCUT2D eigenvalue weighted by molar-refractivity contribution is 5.96. The Morgan fingerprint density at radius 1 is 1.23 bits per heavy atom. The molecule has 0 saturated heterocycles. The summed E-state index contributed by atoms with van der Waals surface area (Å²) in [5.41, 5.74) is 1.73. The maximum absolute atomic E-state index is 12.4. The first-order valence-electron chi connectivity index (χ1n) is 6.77. The highest BCUT2D eigenvalue weighted by atomic mass is 19.3. The number of alkyl halides is 2. The van der Waals surface area contributed by atoms with Gasteiger partial charge in [0.1, 0.15) is 17.3 Å². The standard InChI is InChI=1S/C16H17F2NO3/c1-9-10(2)21-11(3)14(9)15(20)19-8-12-6-4-5-7-13(12)22-16(17)18/h4-7,16H,8H2,1-3H3,(H,19,20). The van der Waals surface area contributed by atoms with Gasteiger partial charge in [-0.15, -0.1) is 0 Å². The third-order valence-electron chi connectivity index (χ3n) is 3.42. The fourth-order valence-electron chi connectivity index (χ4n) is 2.25. The summed E-state index contributed by atoms with van der Waals surface area (Å²) in [5, 5.41) is 2.70. The molecule has 6 heteroatoms. The molecule has 0 fully saturated rings. The molecule has 0 bridgehead atoms. The van der Waals surface area contributed by atoms with Gasteiger partial charge in [0.2, 0.25) is 0 Å². The van der Waals surface area contributed by atoms with Crippen molar-refractivity contribution in [3.63, 3.8) is 0 Å². The molecule has 0 aliphatic heterocycles. The third-order valence-corrected chi connectivity index (χ3v) is 3.42. The Morgan fingerprint density at radius 2 is 1.91 bits per heavy atom. The van der Waals surface area contributed by atoms with Crippen LogP contribution in [-0.2, 0) is 6.54 Å². The normalized spacial score (nSPS) is 10.8. The lowest BCUT2D eigenvalue weighted by molar-refractivity contribution is -0.0504. The second kappa shape index (κ2) is 6.60. The van der Waals surface area contributed by atoms with Crippen LogP contribution in [0.1, 0.15) is 33.0 Å². The Morgan fingerprint density at radius 3 is 2.50 bits per heavy atom. The average Bonchev–Trinajstić information content (AvgIpc) is 2.70. The van der Waals surface area contributed by atoms with Crippen molar-refractivity contribution in [2.75, 3.05) is 0 Å². The van der Waals surface area contributed by atoms with Gasteiger partial charge in [-0.25, -0.2) is 0 Å². The van der Waals surface area contributed by atoms with Gasteiger partial charge in [0.25, 0.3) is 5.91 Å². The fraction of sp³-hybridized carbons (Fsp3) is 0.312. The van der Waals surface area contributed by atoms with Gasteiger partial charge in [-0.2, -0.15) is 8.78 Å². The molecule has 1 heterocycles. The zero-order valence-corrected chi connectivity index (χ0v) is 12.6. The number of hydrogen-bond donors (Lipinski definition) is 1. The van der Waals surface area contributed by atoms with Crippen LogP contribution in [0.3, 0.4) is 0 Å². The molecule has 1 amide bonds. The lowest BCUT2D eigenvalue weighted by atomic mass is 10.1. The molecule has 0 aliphatic carbocycles. The summed E-state index contributed by atoms with van der Waals surface area (Å²) in [4.78, 5) is 12.2. The van der Waals surface area contributed by atoms with Crippen LogP contribution in [0.4, 0.5) is 8.78 Å². The monoisotopic (exact) mass is 309 g/mol. The van der Waals surface area contributed by atoms with E-state index >= 15 is 0 Å². The topological polar surface area (TPSA) is 51.5 Å². The second-order valence-corrected chi connectivity index (χ2v) is 4.88. The van der Waals surface area contributed by atoms with Crippen LogP contribution in [0, 0.1) is 20.8 Å². The van der Waals surface area contributed by atoms with Crippen molar-refractivity contribution in [3.05, 3.63) is 52.5 Å². The molecule has 0 unspecified atom stereocenters. The molecule has 2 rings (SSSR count). The van der Waals surface area contributed by atoms with Gasteiger partial charge < -0.3 is 14.5 Å². The van der Waals surface area contributed by atoms with Crippen molar-refractivity contribution in [2.45, 2.75) is 33.9 Å². The van der Waals surface area contributed by atoms with E-state index < -0.39 is 6.61 Å². The zero-order chi connectivity index (χ0) is 16.3. The summed E-state index contributed by atoms with van der Waals surface area (Å²) >= 11 is 0. The molecule has 118 valence electrons. The number of ether oxygens (including phenoxy) is 1. The highest BCUT2D eigenvalue weighted by Gasteiger charge is 2.18. The van der Waals surface area contributed by atoms with Crippen LogP contribution in [0.25, 0.3) is 0 Å². The number of furan rings is 1. The fourth-order valence-corrected chi connectivity index (χ4v) is 2.25. The number of nitrogens with one attached hydrogen (secondary N) is 1. The molecular formula is C16H17F2NO3. The first-order valence-corrected chi connectivity index (χ1v) is 6.77. The number of halogens is 2. The molecule has 0 spiro atoms. The van der Waals surface area contributed by atoms with Crippen molar-refractivity contribution >= 4 is 5.91 Å². The van der Waals surface area contributed by atoms with E-state index in [1.54, 1.807) is 39.0 Å². The van der Waals surface area contributed by atoms with E-state index in [-0.39, 0.29) is 18.2 Å². The van der Waals surface area contributed by atoms with Crippen LogP contribution in [-0.4, -0.2) is 12.5 Å². The van der Waals surface area contributed by atoms with Gasteiger partial charge in [0, 0.05) is 17.7 Å². The van der Waals surface area contributed by atoms with Gasteiger partial charge in [0.05, 0.1) is 5.56 Å². The van der Waals surface area contributed by atoms with E-state index in [1.165, 1.54) is 6.07 Å². The van der Waals surface area contributed by atoms with Gasteiger partial charge in [-0.1, -0.05) is 18.2 Å². The number of para-hydroxylation sites is 1. The van der Waals surface area contributed by atoms with Crippen molar-refractivity contribution < 1.29 is 22.7 Å². The summed E-state index contributed by atoms with van der Waals surface area (Å²) < 4.78 is 34.5. The third kappa shape index (κ3) is 3.44. The summed E-state index contributed by atoms with van der Waals surface area (Å²) in [6, 6.07) is 6.35. The van der Waals surface area contributed by atoms with E-state index in [2.05, 4.69) is 10.1 Å². The van der Waals surface area contributed by atoms with Crippen molar-refractivity contribution in [3.8, 4) is 5.75 Å².